The van der Waals surface area contributed by atoms with Crippen molar-refractivity contribution in [3.8, 4) is 0 Å². The molecule has 0 atom stereocenters. The van der Waals surface area contributed by atoms with Crippen LogP contribution in [0.5, 0.6) is 0 Å². The van der Waals surface area contributed by atoms with Crippen LogP contribution in [0.1, 0.15) is 163 Å². The molecule has 0 fully saturated rings. The Balaban J connectivity index is 4.34. The van der Waals surface area contributed by atoms with Gasteiger partial charge in [-0.05, 0) is 58.9 Å². The first kappa shape index (κ1) is 34.4. The van der Waals surface area contributed by atoms with Crippen LogP contribution < -0.4 is 5.32 Å². The molecule has 0 radical (unpaired) electrons. The molecule has 4 heteroatoms. The molecule has 0 unspecified atom stereocenters. The topological polar surface area (TPSA) is 58.6 Å². The minimum absolute atomic E-state index is 0.0120. The number of hydrogen-bond donors (Lipinski definition) is 2. The van der Waals surface area contributed by atoms with Crippen molar-refractivity contribution < 1.29 is 14.6 Å². The van der Waals surface area contributed by atoms with Crippen LogP contribution in [0.15, 0.2) is 0 Å². The van der Waals surface area contributed by atoms with Crippen molar-refractivity contribution in [2.24, 2.45) is 5.41 Å². The summed E-state index contributed by atoms with van der Waals surface area (Å²) in [6.45, 7) is 10.5. The number of aliphatic hydroxyl groups is 1. The molecule has 0 heterocycles. The van der Waals surface area contributed by atoms with E-state index in [9.17, 15) is 4.79 Å². The number of ether oxygens (including phenoxy) is 1. The number of rotatable bonds is 27. The van der Waals surface area contributed by atoms with Crippen molar-refractivity contribution in [1.29, 1.82) is 0 Å². The predicted octanol–water partition coefficient (Wildman–Crippen LogP) is 8.74. The van der Waals surface area contributed by atoms with Crippen LogP contribution in [0, 0.1) is 5.41 Å². The highest BCUT2D eigenvalue weighted by Gasteiger charge is 2.30. The highest BCUT2D eigenvalue weighted by molar-refractivity contribution is 5.76. The Morgan fingerprint density at radius 2 is 1.14 bits per heavy atom. The van der Waals surface area contributed by atoms with Crippen LogP contribution in [0.25, 0.3) is 0 Å². The van der Waals surface area contributed by atoms with E-state index in [1.54, 1.807) is 0 Å². The molecule has 0 amide bonds. The zero-order valence-corrected chi connectivity index (χ0v) is 24.3. The standard InChI is InChI=1S/C31H63NO3/c1-5-7-9-11-13-15-19-23-29(24-20-16-14-12-10-8-6-2)35-30(34)31(3,4)25-21-17-18-22-26-32-27-28-33/h29,32-33H,5-28H2,1-4H3. The lowest BCUT2D eigenvalue weighted by atomic mass is 9.86. The third-order valence-corrected chi connectivity index (χ3v) is 7.28. The number of carbonyl (C=O) groups is 1. The van der Waals surface area contributed by atoms with E-state index in [-0.39, 0.29) is 18.7 Å². The molecule has 0 aliphatic carbocycles. The fraction of sp³-hybridized carbons (Fsp3) is 0.968. The zero-order chi connectivity index (χ0) is 26.0. The molecule has 0 aliphatic rings. The largest absolute Gasteiger partial charge is 0.462 e. The van der Waals surface area contributed by atoms with Crippen LogP contribution in [0.4, 0.5) is 0 Å². The van der Waals surface area contributed by atoms with E-state index in [1.165, 1.54) is 96.3 Å². The molecule has 0 aromatic heterocycles. The maximum absolute atomic E-state index is 13.1. The third kappa shape index (κ3) is 22.3. The second kappa shape index (κ2) is 25.1. The molecule has 0 aromatic carbocycles. The van der Waals surface area contributed by atoms with Gasteiger partial charge in [0.2, 0.25) is 0 Å². The van der Waals surface area contributed by atoms with Crippen LogP contribution in [-0.4, -0.2) is 36.9 Å². The molecule has 0 spiro atoms. The van der Waals surface area contributed by atoms with Crippen LogP contribution in [0.3, 0.4) is 0 Å². The summed E-state index contributed by atoms with van der Waals surface area (Å²) < 4.78 is 6.16. The van der Waals surface area contributed by atoms with Gasteiger partial charge in [-0.25, -0.2) is 0 Å². The van der Waals surface area contributed by atoms with Gasteiger partial charge in [0, 0.05) is 6.54 Å². The SMILES string of the molecule is CCCCCCCCCC(CCCCCCCCC)OC(=O)C(C)(C)CCCCCCNCCO. The molecule has 0 bridgehead atoms. The van der Waals surface area contributed by atoms with E-state index in [0.717, 1.165) is 45.1 Å². The van der Waals surface area contributed by atoms with Gasteiger partial charge in [-0.15, -0.1) is 0 Å². The van der Waals surface area contributed by atoms with Gasteiger partial charge < -0.3 is 15.2 Å². The average Bonchev–Trinajstić information content (AvgIpc) is 2.84. The van der Waals surface area contributed by atoms with Crippen LogP contribution in [-0.2, 0) is 9.53 Å². The Labute approximate surface area is 219 Å². The maximum Gasteiger partial charge on any atom is 0.311 e. The molecule has 0 aromatic rings. The summed E-state index contributed by atoms with van der Waals surface area (Å²) >= 11 is 0. The molecular weight excluding hydrogens is 434 g/mol. The first-order chi connectivity index (χ1) is 17.0. The molecule has 35 heavy (non-hydrogen) atoms. The predicted molar refractivity (Wildman–Crippen MR) is 152 cm³/mol. The van der Waals surface area contributed by atoms with Crippen molar-refractivity contribution in [2.75, 3.05) is 19.7 Å². The molecule has 0 rings (SSSR count). The summed E-state index contributed by atoms with van der Waals surface area (Å²) in [5.74, 6) is 0.0120. The Hall–Kier alpha value is -0.610. The van der Waals surface area contributed by atoms with E-state index in [0.29, 0.717) is 6.54 Å². The summed E-state index contributed by atoms with van der Waals surface area (Å²) in [5.41, 5.74) is -0.395. The van der Waals surface area contributed by atoms with E-state index in [2.05, 4.69) is 33.0 Å². The molecule has 0 aliphatic heterocycles. The molecule has 0 saturated heterocycles. The van der Waals surface area contributed by atoms with Gasteiger partial charge >= 0.3 is 5.97 Å². The Morgan fingerprint density at radius 3 is 1.66 bits per heavy atom. The van der Waals surface area contributed by atoms with Crippen LogP contribution in [0.2, 0.25) is 0 Å². The lowest BCUT2D eigenvalue weighted by molar-refractivity contribution is -0.161. The second-order valence-electron chi connectivity index (χ2n) is 11.4. The molecule has 4 nitrogen and oxygen atoms in total. The molecule has 0 saturated carbocycles. The monoisotopic (exact) mass is 497 g/mol. The quantitative estimate of drug-likeness (QED) is 0.0879. The number of unbranched alkanes of at least 4 members (excludes halogenated alkanes) is 15. The Bertz CT molecular complexity index is 435. The van der Waals surface area contributed by atoms with Crippen LogP contribution >= 0.6 is 0 Å². The summed E-state index contributed by atoms with van der Waals surface area (Å²) in [5, 5.41) is 12.0. The van der Waals surface area contributed by atoms with Gasteiger partial charge in [0.25, 0.3) is 0 Å². The Kier molecular flexibility index (Phi) is 24.6. The number of carbonyl (C=O) groups excluding carboxylic acids is 1. The van der Waals surface area contributed by atoms with Crippen molar-refractivity contribution in [3.05, 3.63) is 0 Å². The number of hydrogen-bond acceptors (Lipinski definition) is 4. The Morgan fingerprint density at radius 1 is 0.686 bits per heavy atom. The van der Waals surface area contributed by atoms with Gasteiger partial charge in [-0.3, -0.25) is 4.79 Å². The van der Waals surface area contributed by atoms with Gasteiger partial charge in [0.15, 0.2) is 0 Å². The van der Waals surface area contributed by atoms with E-state index < -0.39 is 5.41 Å². The van der Waals surface area contributed by atoms with Crippen molar-refractivity contribution >= 4 is 5.97 Å². The van der Waals surface area contributed by atoms with E-state index >= 15 is 0 Å². The van der Waals surface area contributed by atoms with Gasteiger partial charge in [0.05, 0.1) is 12.0 Å². The van der Waals surface area contributed by atoms with Crippen molar-refractivity contribution in [3.63, 3.8) is 0 Å². The second-order valence-corrected chi connectivity index (χ2v) is 11.4. The fourth-order valence-electron chi connectivity index (χ4n) is 4.71. The highest BCUT2D eigenvalue weighted by Crippen LogP contribution is 2.28. The zero-order valence-electron chi connectivity index (χ0n) is 24.3. The normalized spacial score (nSPS) is 11.9. The fourth-order valence-corrected chi connectivity index (χ4v) is 4.71. The minimum atomic E-state index is -0.395. The van der Waals surface area contributed by atoms with Gasteiger partial charge in [-0.2, -0.15) is 0 Å². The molecular formula is C31H63NO3. The summed E-state index contributed by atoms with van der Waals surface area (Å²) in [7, 11) is 0. The summed E-state index contributed by atoms with van der Waals surface area (Å²) in [4.78, 5) is 13.1. The minimum Gasteiger partial charge on any atom is -0.462 e. The lowest BCUT2D eigenvalue weighted by Crippen LogP contribution is -2.31. The lowest BCUT2D eigenvalue weighted by Gasteiger charge is -2.27. The highest BCUT2D eigenvalue weighted by atomic mass is 16.5. The summed E-state index contributed by atoms with van der Waals surface area (Å²) in [6.07, 6.45) is 25.9. The van der Waals surface area contributed by atoms with E-state index in [4.69, 9.17) is 9.84 Å². The molecule has 2 N–H and O–H groups in total. The average molecular weight is 498 g/mol. The molecule has 210 valence electrons. The third-order valence-electron chi connectivity index (χ3n) is 7.28. The number of nitrogens with one attached hydrogen (secondary N) is 1. The van der Waals surface area contributed by atoms with Crippen molar-refractivity contribution in [2.45, 2.75) is 169 Å². The summed E-state index contributed by atoms with van der Waals surface area (Å²) in [6, 6.07) is 0. The number of esters is 1. The number of aliphatic hydroxyl groups excluding tert-OH is 1. The first-order valence-corrected chi connectivity index (χ1v) is 15.5. The first-order valence-electron chi connectivity index (χ1n) is 15.5. The van der Waals surface area contributed by atoms with Gasteiger partial charge in [-0.1, -0.05) is 110 Å². The van der Waals surface area contributed by atoms with E-state index in [1.807, 2.05) is 0 Å². The smallest absolute Gasteiger partial charge is 0.311 e. The van der Waals surface area contributed by atoms with Crippen molar-refractivity contribution in [1.82, 2.24) is 5.32 Å². The van der Waals surface area contributed by atoms with Gasteiger partial charge in [0.1, 0.15) is 6.10 Å². The maximum atomic E-state index is 13.1.